The number of aliphatic hydroxyl groups excluding tert-OH is 1. The van der Waals surface area contributed by atoms with Crippen LogP contribution >= 0.6 is 0 Å². The molecule has 0 saturated carbocycles. The van der Waals surface area contributed by atoms with Crippen molar-refractivity contribution in [3.63, 3.8) is 0 Å². The van der Waals surface area contributed by atoms with Crippen molar-refractivity contribution in [1.82, 2.24) is 10.2 Å². The van der Waals surface area contributed by atoms with Crippen molar-refractivity contribution < 1.29 is 5.11 Å². The molecule has 5 atom stereocenters. The van der Waals surface area contributed by atoms with E-state index in [9.17, 15) is 5.11 Å². The second-order valence-electron chi connectivity index (χ2n) is 4.30. The van der Waals surface area contributed by atoms with Gasteiger partial charge in [-0.15, -0.1) is 0 Å². The second kappa shape index (κ2) is 3.95. The zero-order valence-corrected chi connectivity index (χ0v) is 9.28. The molecule has 0 aromatic heterocycles. The van der Waals surface area contributed by atoms with E-state index in [1.807, 2.05) is 6.92 Å². The van der Waals surface area contributed by atoms with Crippen LogP contribution in [-0.2, 0) is 0 Å². The van der Waals surface area contributed by atoms with E-state index in [1.54, 1.807) is 0 Å². The van der Waals surface area contributed by atoms with Gasteiger partial charge in [-0.25, -0.2) is 0 Å². The minimum Gasteiger partial charge on any atom is -0.379 e. The van der Waals surface area contributed by atoms with Crippen molar-refractivity contribution in [3.8, 4) is 0 Å². The van der Waals surface area contributed by atoms with Crippen molar-refractivity contribution >= 4 is 0 Å². The molecule has 0 bridgehead atoms. The fraction of sp³-hybridized carbons (Fsp3) is 1.00. The molecule has 1 saturated heterocycles. The van der Waals surface area contributed by atoms with Gasteiger partial charge < -0.3 is 10.4 Å². The number of rotatable bonds is 1. The Kier molecular flexibility index (Phi) is 3.33. The highest BCUT2D eigenvalue weighted by Crippen LogP contribution is 2.20. The van der Waals surface area contributed by atoms with Gasteiger partial charge in [-0.05, 0) is 34.6 Å². The Morgan fingerprint density at radius 2 is 1.46 bits per heavy atom. The molecule has 78 valence electrons. The number of hydrogen-bond donors (Lipinski definition) is 2. The van der Waals surface area contributed by atoms with Crippen LogP contribution in [0.2, 0.25) is 0 Å². The molecule has 0 aliphatic carbocycles. The van der Waals surface area contributed by atoms with Crippen LogP contribution in [-0.4, -0.2) is 40.4 Å². The normalized spacial score (nSPS) is 44.8. The molecule has 13 heavy (non-hydrogen) atoms. The molecule has 1 aliphatic rings. The summed E-state index contributed by atoms with van der Waals surface area (Å²) in [5.74, 6) is 0. The van der Waals surface area contributed by atoms with Crippen LogP contribution in [0.15, 0.2) is 0 Å². The number of aliphatic hydroxyl groups is 1. The molecule has 1 fully saturated rings. The minimum absolute atomic E-state index is 0.350. The van der Waals surface area contributed by atoms with Crippen LogP contribution in [0.25, 0.3) is 0 Å². The maximum atomic E-state index is 9.65. The molecule has 1 rings (SSSR count). The summed E-state index contributed by atoms with van der Waals surface area (Å²) in [7, 11) is 0. The van der Waals surface area contributed by atoms with Crippen LogP contribution in [0.5, 0.6) is 0 Å². The lowest BCUT2D eigenvalue weighted by atomic mass is 9.97. The Hall–Kier alpha value is -0.120. The standard InChI is InChI=1S/C10H22N2O/c1-6-8(3)12(10(5)13)9(4)7(2)11-6/h6-11,13H,1-5H3. The molecule has 3 nitrogen and oxygen atoms in total. The summed E-state index contributed by atoms with van der Waals surface area (Å²) >= 11 is 0. The lowest BCUT2D eigenvalue weighted by molar-refractivity contribution is -0.0697. The van der Waals surface area contributed by atoms with E-state index in [0.717, 1.165) is 0 Å². The van der Waals surface area contributed by atoms with Gasteiger partial charge in [-0.1, -0.05) is 0 Å². The number of nitrogens with one attached hydrogen (secondary N) is 1. The van der Waals surface area contributed by atoms with Crippen LogP contribution < -0.4 is 5.32 Å². The van der Waals surface area contributed by atoms with Crippen LogP contribution in [0.4, 0.5) is 0 Å². The zero-order chi connectivity index (χ0) is 10.2. The zero-order valence-electron chi connectivity index (χ0n) is 9.28. The molecule has 0 aromatic rings. The molecule has 2 N–H and O–H groups in total. The molecule has 1 heterocycles. The fourth-order valence-electron chi connectivity index (χ4n) is 2.26. The molecular formula is C10H22N2O. The van der Waals surface area contributed by atoms with Gasteiger partial charge in [0.1, 0.15) is 6.23 Å². The molecule has 1 aliphatic heterocycles. The molecule has 5 unspecified atom stereocenters. The highest BCUT2D eigenvalue weighted by atomic mass is 16.3. The van der Waals surface area contributed by atoms with Gasteiger partial charge in [0.25, 0.3) is 0 Å². The summed E-state index contributed by atoms with van der Waals surface area (Å²) in [6.45, 7) is 10.5. The predicted molar refractivity (Wildman–Crippen MR) is 54.5 cm³/mol. The first-order valence-electron chi connectivity index (χ1n) is 5.16. The summed E-state index contributed by atoms with van der Waals surface area (Å²) in [4.78, 5) is 2.17. The second-order valence-corrected chi connectivity index (χ2v) is 4.30. The Morgan fingerprint density at radius 3 is 1.77 bits per heavy atom. The Labute approximate surface area is 81.1 Å². The maximum absolute atomic E-state index is 9.65. The number of piperazine rings is 1. The Balaban J connectivity index is 2.76. The van der Waals surface area contributed by atoms with Crippen molar-refractivity contribution in [1.29, 1.82) is 0 Å². The highest BCUT2D eigenvalue weighted by molar-refractivity contribution is 4.93. The predicted octanol–water partition coefficient (Wildman–Crippen LogP) is 0.784. The summed E-state index contributed by atoms with van der Waals surface area (Å²) in [5.41, 5.74) is 0. The summed E-state index contributed by atoms with van der Waals surface area (Å²) in [5, 5.41) is 13.2. The largest absolute Gasteiger partial charge is 0.379 e. The molecule has 3 heteroatoms. The van der Waals surface area contributed by atoms with E-state index >= 15 is 0 Å². The maximum Gasteiger partial charge on any atom is 0.105 e. The van der Waals surface area contributed by atoms with Crippen molar-refractivity contribution in [2.45, 2.75) is 65.0 Å². The summed E-state index contributed by atoms with van der Waals surface area (Å²) in [6.07, 6.45) is -0.350. The lowest BCUT2D eigenvalue weighted by Crippen LogP contribution is -2.65. The van der Waals surface area contributed by atoms with E-state index in [4.69, 9.17) is 0 Å². The first-order chi connectivity index (χ1) is 5.95. The van der Waals surface area contributed by atoms with Crippen LogP contribution in [0.3, 0.4) is 0 Å². The molecule has 0 spiro atoms. The molecular weight excluding hydrogens is 164 g/mol. The van der Waals surface area contributed by atoms with Crippen molar-refractivity contribution in [2.75, 3.05) is 0 Å². The van der Waals surface area contributed by atoms with E-state index in [1.165, 1.54) is 0 Å². The van der Waals surface area contributed by atoms with Gasteiger partial charge >= 0.3 is 0 Å². The van der Waals surface area contributed by atoms with Gasteiger partial charge in [-0.2, -0.15) is 0 Å². The number of hydrogen-bond acceptors (Lipinski definition) is 3. The molecule has 0 amide bonds. The van der Waals surface area contributed by atoms with Crippen molar-refractivity contribution in [3.05, 3.63) is 0 Å². The van der Waals surface area contributed by atoms with Gasteiger partial charge in [0.15, 0.2) is 0 Å². The van der Waals surface area contributed by atoms with E-state index in [0.29, 0.717) is 24.2 Å². The first-order valence-corrected chi connectivity index (χ1v) is 5.16. The third-order valence-electron chi connectivity index (χ3n) is 3.35. The average Bonchev–Trinajstić information content (AvgIpc) is 2.01. The topological polar surface area (TPSA) is 35.5 Å². The Morgan fingerprint density at radius 1 is 1.08 bits per heavy atom. The van der Waals surface area contributed by atoms with E-state index in [2.05, 4.69) is 37.9 Å². The highest BCUT2D eigenvalue weighted by Gasteiger charge is 2.35. The fourth-order valence-corrected chi connectivity index (χ4v) is 2.26. The van der Waals surface area contributed by atoms with E-state index < -0.39 is 0 Å². The SMILES string of the molecule is CC1NC(C)C(C)N(C(C)O)C1C. The van der Waals surface area contributed by atoms with Crippen LogP contribution in [0.1, 0.15) is 34.6 Å². The first kappa shape index (κ1) is 11.0. The average molecular weight is 186 g/mol. The van der Waals surface area contributed by atoms with Crippen molar-refractivity contribution in [2.24, 2.45) is 0 Å². The summed E-state index contributed by atoms with van der Waals surface area (Å²) in [6, 6.07) is 1.68. The third kappa shape index (κ3) is 2.03. The Bertz CT molecular complexity index is 158. The van der Waals surface area contributed by atoms with Gasteiger partial charge in [0, 0.05) is 24.2 Å². The van der Waals surface area contributed by atoms with E-state index in [-0.39, 0.29) is 6.23 Å². The lowest BCUT2D eigenvalue weighted by Gasteiger charge is -2.48. The molecule has 0 aromatic carbocycles. The molecule has 0 radical (unpaired) electrons. The van der Waals surface area contributed by atoms with Crippen LogP contribution in [0, 0.1) is 0 Å². The number of nitrogens with zero attached hydrogens (tertiary/aromatic N) is 1. The van der Waals surface area contributed by atoms with Gasteiger partial charge in [-0.3, -0.25) is 4.90 Å². The van der Waals surface area contributed by atoms with Gasteiger partial charge in [0.2, 0.25) is 0 Å². The summed E-state index contributed by atoms with van der Waals surface area (Å²) < 4.78 is 0. The third-order valence-corrected chi connectivity index (χ3v) is 3.35. The minimum atomic E-state index is -0.350. The monoisotopic (exact) mass is 186 g/mol. The van der Waals surface area contributed by atoms with Gasteiger partial charge in [0.05, 0.1) is 0 Å². The smallest absolute Gasteiger partial charge is 0.105 e. The quantitative estimate of drug-likeness (QED) is 0.635.